The van der Waals surface area contributed by atoms with Crippen LogP contribution in [0.4, 0.5) is 0 Å². The van der Waals surface area contributed by atoms with E-state index in [1.54, 1.807) is 0 Å². The van der Waals surface area contributed by atoms with Gasteiger partial charge in [-0.05, 0) is 51.6 Å². The van der Waals surface area contributed by atoms with Gasteiger partial charge < -0.3 is 10.2 Å². The van der Waals surface area contributed by atoms with Crippen LogP contribution >= 0.6 is 0 Å². The molecule has 0 aliphatic carbocycles. The van der Waals surface area contributed by atoms with Crippen LogP contribution in [0.25, 0.3) is 0 Å². The largest absolute Gasteiger partial charge is 0.317 e. The molecule has 0 aromatic carbocycles. The number of rotatable bonds is 5. The van der Waals surface area contributed by atoms with Gasteiger partial charge in [0.15, 0.2) is 0 Å². The van der Waals surface area contributed by atoms with Gasteiger partial charge in [0.25, 0.3) is 0 Å². The van der Waals surface area contributed by atoms with Crippen molar-refractivity contribution in [1.29, 1.82) is 0 Å². The Labute approximate surface area is 95.4 Å². The van der Waals surface area contributed by atoms with E-state index in [4.69, 9.17) is 0 Å². The summed E-state index contributed by atoms with van der Waals surface area (Å²) in [6.45, 7) is 14.3. The zero-order valence-electron chi connectivity index (χ0n) is 10.9. The highest BCUT2D eigenvalue weighted by Crippen LogP contribution is 2.16. The SMILES string of the molecule is CC(C)CN(CC1CCNCC1)C(C)C. The highest BCUT2D eigenvalue weighted by molar-refractivity contribution is 4.74. The number of hydrogen-bond acceptors (Lipinski definition) is 2. The molecule has 0 radical (unpaired) electrons. The van der Waals surface area contributed by atoms with Crippen LogP contribution in [0.1, 0.15) is 40.5 Å². The molecule has 15 heavy (non-hydrogen) atoms. The maximum Gasteiger partial charge on any atom is 0.00388 e. The monoisotopic (exact) mass is 212 g/mol. The molecule has 2 heteroatoms. The number of piperidine rings is 1. The molecule has 1 aliphatic heterocycles. The summed E-state index contributed by atoms with van der Waals surface area (Å²) < 4.78 is 0. The third-order valence-corrected chi connectivity index (χ3v) is 3.28. The van der Waals surface area contributed by atoms with Gasteiger partial charge in [0.05, 0.1) is 0 Å². The molecule has 0 aromatic heterocycles. The highest BCUT2D eigenvalue weighted by atomic mass is 15.1. The molecule has 1 fully saturated rings. The van der Waals surface area contributed by atoms with E-state index in [0.717, 1.165) is 11.8 Å². The summed E-state index contributed by atoms with van der Waals surface area (Å²) in [5.74, 6) is 1.71. The summed E-state index contributed by atoms with van der Waals surface area (Å²) in [5, 5.41) is 3.44. The lowest BCUT2D eigenvalue weighted by atomic mass is 9.96. The number of hydrogen-bond donors (Lipinski definition) is 1. The van der Waals surface area contributed by atoms with Gasteiger partial charge >= 0.3 is 0 Å². The van der Waals surface area contributed by atoms with Crippen LogP contribution in [0.3, 0.4) is 0 Å². The molecule has 2 nitrogen and oxygen atoms in total. The van der Waals surface area contributed by atoms with E-state index < -0.39 is 0 Å². The first-order valence-electron chi connectivity index (χ1n) is 6.54. The average molecular weight is 212 g/mol. The Kier molecular flexibility index (Phi) is 5.62. The Morgan fingerprint density at radius 3 is 2.20 bits per heavy atom. The van der Waals surface area contributed by atoms with Crippen molar-refractivity contribution in [3.8, 4) is 0 Å². The lowest BCUT2D eigenvalue weighted by Crippen LogP contribution is -2.41. The first-order chi connectivity index (χ1) is 7.09. The van der Waals surface area contributed by atoms with Crippen molar-refractivity contribution in [3.63, 3.8) is 0 Å². The van der Waals surface area contributed by atoms with Crippen molar-refractivity contribution in [2.24, 2.45) is 11.8 Å². The standard InChI is InChI=1S/C13H28N2/c1-11(2)9-15(12(3)4)10-13-5-7-14-8-6-13/h11-14H,5-10H2,1-4H3. The van der Waals surface area contributed by atoms with E-state index in [9.17, 15) is 0 Å². The third-order valence-electron chi connectivity index (χ3n) is 3.28. The minimum absolute atomic E-state index is 0.697. The Balaban J connectivity index is 2.35. The van der Waals surface area contributed by atoms with E-state index in [-0.39, 0.29) is 0 Å². The molecular formula is C13H28N2. The quantitative estimate of drug-likeness (QED) is 0.752. The van der Waals surface area contributed by atoms with Crippen LogP contribution in [-0.4, -0.2) is 37.1 Å². The first kappa shape index (κ1) is 13.0. The van der Waals surface area contributed by atoms with Gasteiger partial charge in [0.2, 0.25) is 0 Å². The molecule has 0 unspecified atom stereocenters. The van der Waals surface area contributed by atoms with Crippen molar-refractivity contribution >= 4 is 0 Å². The van der Waals surface area contributed by atoms with Gasteiger partial charge in [-0.2, -0.15) is 0 Å². The number of nitrogens with zero attached hydrogens (tertiary/aromatic N) is 1. The molecular weight excluding hydrogens is 184 g/mol. The maximum absolute atomic E-state index is 3.44. The van der Waals surface area contributed by atoms with Gasteiger partial charge in [0, 0.05) is 19.1 Å². The second-order valence-electron chi connectivity index (χ2n) is 5.63. The second-order valence-corrected chi connectivity index (χ2v) is 5.63. The molecule has 0 spiro atoms. The van der Waals surface area contributed by atoms with Crippen molar-refractivity contribution < 1.29 is 0 Å². The normalized spacial score (nSPS) is 19.4. The minimum Gasteiger partial charge on any atom is -0.317 e. The van der Waals surface area contributed by atoms with Gasteiger partial charge in [-0.15, -0.1) is 0 Å². The fourth-order valence-electron chi connectivity index (χ4n) is 2.36. The van der Waals surface area contributed by atoms with Crippen LogP contribution in [0.15, 0.2) is 0 Å². The molecule has 0 saturated carbocycles. The molecule has 0 aromatic rings. The Morgan fingerprint density at radius 1 is 1.13 bits per heavy atom. The predicted molar refractivity (Wildman–Crippen MR) is 67.1 cm³/mol. The van der Waals surface area contributed by atoms with Gasteiger partial charge in [-0.3, -0.25) is 0 Å². The molecule has 0 bridgehead atoms. The molecule has 0 atom stereocenters. The van der Waals surface area contributed by atoms with Crippen molar-refractivity contribution in [2.45, 2.75) is 46.6 Å². The molecule has 90 valence electrons. The molecule has 0 amide bonds. The fourth-order valence-corrected chi connectivity index (χ4v) is 2.36. The molecule has 1 N–H and O–H groups in total. The second kappa shape index (κ2) is 6.49. The van der Waals surface area contributed by atoms with E-state index >= 15 is 0 Å². The molecule has 1 heterocycles. The summed E-state index contributed by atoms with van der Waals surface area (Å²) in [5.41, 5.74) is 0. The Morgan fingerprint density at radius 2 is 1.73 bits per heavy atom. The Hall–Kier alpha value is -0.0800. The lowest BCUT2D eigenvalue weighted by Gasteiger charge is -2.33. The summed E-state index contributed by atoms with van der Waals surface area (Å²) in [4.78, 5) is 2.65. The highest BCUT2D eigenvalue weighted by Gasteiger charge is 2.19. The topological polar surface area (TPSA) is 15.3 Å². The van der Waals surface area contributed by atoms with Crippen LogP contribution in [0.5, 0.6) is 0 Å². The average Bonchev–Trinajstić information content (AvgIpc) is 2.17. The fraction of sp³-hybridized carbons (Fsp3) is 1.00. The van der Waals surface area contributed by atoms with Gasteiger partial charge in [-0.1, -0.05) is 13.8 Å². The summed E-state index contributed by atoms with van der Waals surface area (Å²) >= 11 is 0. The summed E-state index contributed by atoms with van der Waals surface area (Å²) in [6, 6.07) is 0.697. The van der Waals surface area contributed by atoms with Gasteiger partial charge in [-0.25, -0.2) is 0 Å². The predicted octanol–water partition coefficient (Wildman–Crippen LogP) is 2.35. The van der Waals surface area contributed by atoms with Crippen molar-refractivity contribution in [1.82, 2.24) is 10.2 Å². The van der Waals surface area contributed by atoms with Crippen molar-refractivity contribution in [2.75, 3.05) is 26.2 Å². The van der Waals surface area contributed by atoms with Crippen LogP contribution in [0, 0.1) is 11.8 Å². The van der Waals surface area contributed by atoms with Crippen LogP contribution in [-0.2, 0) is 0 Å². The van der Waals surface area contributed by atoms with E-state index in [0.29, 0.717) is 6.04 Å². The first-order valence-corrected chi connectivity index (χ1v) is 6.54. The van der Waals surface area contributed by atoms with E-state index in [1.807, 2.05) is 0 Å². The molecule has 1 saturated heterocycles. The summed E-state index contributed by atoms with van der Waals surface area (Å²) in [6.07, 6.45) is 2.72. The lowest BCUT2D eigenvalue weighted by molar-refractivity contribution is 0.153. The molecule has 1 aliphatic rings. The number of nitrogens with one attached hydrogen (secondary N) is 1. The molecule has 1 rings (SSSR count). The minimum atomic E-state index is 0.697. The summed E-state index contributed by atoms with van der Waals surface area (Å²) in [7, 11) is 0. The third kappa shape index (κ3) is 4.98. The van der Waals surface area contributed by atoms with E-state index in [2.05, 4.69) is 37.9 Å². The zero-order chi connectivity index (χ0) is 11.3. The zero-order valence-corrected chi connectivity index (χ0v) is 10.9. The van der Waals surface area contributed by atoms with Crippen molar-refractivity contribution in [3.05, 3.63) is 0 Å². The van der Waals surface area contributed by atoms with Crippen LogP contribution in [0.2, 0.25) is 0 Å². The smallest absolute Gasteiger partial charge is 0.00388 e. The maximum atomic E-state index is 3.44. The Bertz CT molecular complexity index is 160. The van der Waals surface area contributed by atoms with Gasteiger partial charge in [0.1, 0.15) is 0 Å². The van der Waals surface area contributed by atoms with Crippen LogP contribution < -0.4 is 5.32 Å². The van der Waals surface area contributed by atoms with E-state index in [1.165, 1.54) is 39.0 Å².